The van der Waals surface area contributed by atoms with Crippen LogP contribution in [0.4, 0.5) is 11.4 Å². The first-order valence-electron chi connectivity index (χ1n) is 6.36. The van der Waals surface area contributed by atoms with Gasteiger partial charge in [-0.15, -0.1) is 0 Å². The van der Waals surface area contributed by atoms with Gasteiger partial charge in [-0.1, -0.05) is 17.7 Å². The molecule has 0 saturated carbocycles. The van der Waals surface area contributed by atoms with Crippen LogP contribution in [0.2, 0.25) is 5.02 Å². The predicted molar refractivity (Wildman–Crippen MR) is 87.3 cm³/mol. The molecular weight excluding hydrogens is 308 g/mol. The predicted octanol–water partition coefficient (Wildman–Crippen LogP) is 3.65. The first-order valence-corrected chi connectivity index (χ1v) is 8.22. The molecule has 0 aliphatic carbocycles. The van der Waals surface area contributed by atoms with E-state index >= 15 is 0 Å². The van der Waals surface area contributed by atoms with Crippen LogP contribution in [-0.2, 0) is 10.0 Å². The Morgan fingerprint density at radius 1 is 1.05 bits per heavy atom. The average molecular weight is 325 g/mol. The third-order valence-electron chi connectivity index (χ3n) is 3.20. The number of anilines is 2. The molecule has 2 aromatic carbocycles. The Bertz CT molecular complexity index is 802. The molecule has 0 unspecified atom stereocenters. The molecular formula is C15H17ClN2O2S. The Morgan fingerprint density at radius 3 is 2.33 bits per heavy atom. The fourth-order valence-electron chi connectivity index (χ4n) is 2.03. The second kappa shape index (κ2) is 5.58. The van der Waals surface area contributed by atoms with E-state index in [0.717, 1.165) is 11.1 Å². The lowest BCUT2D eigenvalue weighted by Gasteiger charge is -2.14. The molecule has 112 valence electrons. The second-order valence-corrected chi connectivity index (χ2v) is 7.12. The molecule has 0 amide bonds. The summed E-state index contributed by atoms with van der Waals surface area (Å²) in [6.45, 7) is 5.36. The fourth-order valence-corrected chi connectivity index (χ4v) is 3.81. The number of benzene rings is 2. The minimum absolute atomic E-state index is 0.164. The number of aryl methyl sites for hydroxylation is 2. The molecule has 0 spiro atoms. The lowest BCUT2D eigenvalue weighted by molar-refractivity contribution is 0.600. The number of hydrogen-bond acceptors (Lipinski definition) is 3. The van der Waals surface area contributed by atoms with Gasteiger partial charge in [-0.25, -0.2) is 8.42 Å². The van der Waals surface area contributed by atoms with Crippen molar-refractivity contribution in [3.05, 3.63) is 52.0 Å². The highest BCUT2D eigenvalue weighted by atomic mass is 35.5. The highest BCUT2D eigenvalue weighted by Gasteiger charge is 2.20. The van der Waals surface area contributed by atoms with Crippen molar-refractivity contribution in [2.75, 3.05) is 10.5 Å². The fraction of sp³-hybridized carbons (Fsp3) is 0.200. The summed E-state index contributed by atoms with van der Waals surface area (Å²) in [6.07, 6.45) is 0. The van der Waals surface area contributed by atoms with Crippen molar-refractivity contribution in [3.8, 4) is 0 Å². The maximum Gasteiger partial charge on any atom is 0.262 e. The van der Waals surface area contributed by atoms with Crippen LogP contribution in [0.5, 0.6) is 0 Å². The number of nitrogen functional groups attached to an aromatic ring is 1. The molecule has 0 aliphatic heterocycles. The molecule has 6 heteroatoms. The molecule has 0 radical (unpaired) electrons. The van der Waals surface area contributed by atoms with Crippen molar-refractivity contribution < 1.29 is 8.42 Å². The molecule has 2 aromatic rings. The van der Waals surface area contributed by atoms with Crippen LogP contribution in [0, 0.1) is 20.8 Å². The van der Waals surface area contributed by atoms with E-state index in [1.165, 1.54) is 0 Å². The van der Waals surface area contributed by atoms with Gasteiger partial charge in [-0.05, 0) is 61.7 Å². The molecule has 0 saturated heterocycles. The van der Waals surface area contributed by atoms with Crippen molar-refractivity contribution >= 4 is 33.0 Å². The van der Waals surface area contributed by atoms with Gasteiger partial charge in [0.15, 0.2) is 0 Å². The van der Waals surface area contributed by atoms with Crippen LogP contribution < -0.4 is 10.5 Å². The van der Waals surface area contributed by atoms with E-state index in [2.05, 4.69) is 4.72 Å². The smallest absolute Gasteiger partial charge is 0.262 e. The van der Waals surface area contributed by atoms with Gasteiger partial charge >= 0.3 is 0 Å². The van der Waals surface area contributed by atoms with Crippen LogP contribution in [0.1, 0.15) is 16.7 Å². The molecule has 0 heterocycles. The van der Waals surface area contributed by atoms with E-state index in [1.807, 2.05) is 6.92 Å². The summed E-state index contributed by atoms with van der Waals surface area (Å²) >= 11 is 6.07. The summed E-state index contributed by atoms with van der Waals surface area (Å²) in [4.78, 5) is 0.164. The standard InChI is InChI=1S/C15H17ClN2O2S/c1-9-4-5-14(12(16)6-9)18-21(19,20)15-8-10(2)7-13(17)11(15)3/h4-8,18H,17H2,1-3H3. The first-order chi connectivity index (χ1) is 9.70. The van der Waals surface area contributed by atoms with E-state index in [0.29, 0.717) is 22.0 Å². The first kappa shape index (κ1) is 15.7. The van der Waals surface area contributed by atoms with Gasteiger partial charge in [0.1, 0.15) is 0 Å². The molecule has 0 fully saturated rings. The Labute approximate surface area is 130 Å². The van der Waals surface area contributed by atoms with E-state index in [-0.39, 0.29) is 4.90 Å². The van der Waals surface area contributed by atoms with Gasteiger partial charge < -0.3 is 5.73 Å². The van der Waals surface area contributed by atoms with Gasteiger partial charge in [0.2, 0.25) is 0 Å². The number of nitrogens with two attached hydrogens (primary N) is 1. The summed E-state index contributed by atoms with van der Waals surface area (Å²) < 4.78 is 27.6. The molecule has 2 rings (SSSR count). The number of halogens is 1. The molecule has 0 aliphatic rings. The minimum Gasteiger partial charge on any atom is -0.398 e. The van der Waals surface area contributed by atoms with Gasteiger partial charge in [-0.2, -0.15) is 0 Å². The van der Waals surface area contributed by atoms with Crippen molar-refractivity contribution in [1.82, 2.24) is 0 Å². The van der Waals surface area contributed by atoms with E-state index < -0.39 is 10.0 Å². The monoisotopic (exact) mass is 324 g/mol. The summed E-state index contributed by atoms with van der Waals surface area (Å²) in [5.41, 5.74) is 8.91. The Morgan fingerprint density at radius 2 is 1.71 bits per heavy atom. The van der Waals surface area contributed by atoms with E-state index in [1.54, 1.807) is 44.2 Å². The lowest BCUT2D eigenvalue weighted by Crippen LogP contribution is -2.15. The SMILES string of the molecule is Cc1ccc(NS(=O)(=O)c2cc(C)cc(N)c2C)c(Cl)c1. The van der Waals surface area contributed by atoms with Gasteiger partial charge in [0, 0.05) is 5.69 Å². The highest BCUT2D eigenvalue weighted by Crippen LogP contribution is 2.28. The van der Waals surface area contributed by atoms with Crippen molar-refractivity contribution in [3.63, 3.8) is 0 Å². The average Bonchev–Trinajstić information content (AvgIpc) is 2.37. The zero-order valence-electron chi connectivity index (χ0n) is 12.1. The van der Waals surface area contributed by atoms with Crippen molar-refractivity contribution in [2.24, 2.45) is 0 Å². The lowest BCUT2D eigenvalue weighted by atomic mass is 10.1. The Kier molecular flexibility index (Phi) is 4.16. The normalized spacial score (nSPS) is 11.4. The quantitative estimate of drug-likeness (QED) is 0.846. The van der Waals surface area contributed by atoms with E-state index in [4.69, 9.17) is 17.3 Å². The van der Waals surface area contributed by atoms with Crippen LogP contribution >= 0.6 is 11.6 Å². The Balaban J connectivity index is 2.48. The number of hydrogen-bond donors (Lipinski definition) is 2. The largest absolute Gasteiger partial charge is 0.398 e. The summed E-state index contributed by atoms with van der Waals surface area (Å²) in [5, 5.41) is 0.358. The van der Waals surface area contributed by atoms with E-state index in [9.17, 15) is 8.42 Å². The number of rotatable bonds is 3. The topological polar surface area (TPSA) is 72.2 Å². The van der Waals surface area contributed by atoms with Gasteiger partial charge in [0.05, 0.1) is 15.6 Å². The molecule has 21 heavy (non-hydrogen) atoms. The zero-order valence-corrected chi connectivity index (χ0v) is 13.6. The van der Waals surface area contributed by atoms with Crippen LogP contribution in [0.3, 0.4) is 0 Å². The van der Waals surface area contributed by atoms with Crippen molar-refractivity contribution in [1.29, 1.82) is 0 Å². The molecule has 4 nitrogen and oxygen atoms in total. The summed E-state index contributed by atoms with van der Waals surface area (Å²) in [6, 6.07) is 8.48. The summed E-state index contributed by atoms with van der Waals surface area (Å²) in [5.74, 6) is 0. The molecule has 0 bridgehead atoms. The number of sulfonamides is 1. The highest BCUT2D eigenvalue weighted by molar-refractivity contribution is 7.92. The van der Waals surface area contributed by atoms with Crippen LogP contribution in [0.25, 0.3) is 0 Å². The van der Waals surface area contributed by atoms with Gasteiger partial charge in [-0.3, -0.25) is 4.72 Å². The van der Waals surface area contributed by atoms with Crippen LogP contribution in [-0.4, -0.2) is 8.42 Å². The van der Waals surface area contributed by atoms with Crippen molar-refractivity contribution in [2.45, 2.75) is 25.7 Å². The number of nitrogens with one attached hydrogen (secondary N) is 1. The zero-order chi connectivity index (χ0) is 15.8. The maximum absolute atomic E-state index is 12.5. The molecule has 0 aromatic heterocycles. The summed E-state index contributed by atoms with van der Waals surface area (Å²) in [7, 11) is -3.74. The third kappa shape index (κ3) is 3.31. The molecule has 3 N–H and O–H groups in total. The Hall–Kier alpha value is -1.72. The molecule has 0 atom stereocenters. The maximum atomic E-state index is 12.5. The second-order valence-electron chi connectivity index (χ2n) is 5.07. The third-order valence-corrected chi connectivity index (χ3v) is 5.01. The van der Waals surface area contributed by atoms with Crippen LogP contribution in [0.15, 0.2) is 35.2 Å². The minimum atomic E-state index is -3.74. The van der Waals surface area contributed by atoms with Gasteiger partial charge in [0.25, 0.3) is 10.0 Å².